The normalized spacial score (nSPS) is 13.8. The lowest BCUT2D eigenvalue weighted by Gasteiger charge is -2.37. The molecule has 0 atom stereocenters. The zero-order valence-electron chi connectivity index (χ0n) is 20.9. The van der Waals surface area contributed by atoms with Gasteiger partial charge in [0.05, 0.1) is 12.3 Å². The van der Waals surface area contributed by atoms with Crippen molar-refractivity contribution in [2.75, 3.05) is 49.1 Å². The zero-order chi connectivity index (χ0) is 24.6. The number of aromatic nitrogens is 2. The Labute approximate surface area is 212 Å². The molecule has 0 aliphatic carbocycles. The van der Waals surface area contributed by atoms with Gasteiger partial charge in [-0.05, 0) is 38.5 Å². The van der Waals surface area contributed by atoms with Gasteiger partial charge < -0.3 is 19.4 Å². The monoisotopic (exact) mass is 493 g/mol. The molecule has 8 heteroatoms. The molecular formula is C27H35N5O2S. The molecule has 2 aromatic carbocycles. The quantitative estimate of drug-likeness (QED) is 0.415. The number of hydrogen-bond acceptors (Lipinski definition) is 7. The third-order valence-electron chi connectivity index (χ3n) is 6.24. The molecule has 1 aromatic heterocycles. The summed E-state index contributed by atoms with van der Waals surface area (Å²) in [5.74, 6) is 1.94. The predicted molar refractivity (Wildman–Crippen MR) is 143 cm³/mol. The molecule has 0 bridgehead atoms. The average molecular weight is 494 g/mol. The summed E-state index contributed by atoms with van der Waals surface area (Å²) < 4.78 is 10.4. The standard InChI is InChI=1S/C27H35N5O2S/c1-4-34-24-13-9-8-12-23(24)30-16-18-31(19-17-30)26(33)14-15-32(21(2)3)27-28-25(29-35-27)20-22-10-6-5-7-11-22/h5-13,21H,4,14-20H2,1-3H3. The third-order valence-corrected chi connectivity index (χ3v) is 7.03. The second-order valence-electron chi connectivity index (χ2n) is 8.96. The summed E-state index contributed by atoms with van der Waals surface area (Å²) in [7, 11) is 0. The summed E-state index contributed by atoms with van der Waals surface area (Å²) in [5, 5.41) is 0.885. The number of nitrogens with zero attached hydrogens (tertiary/aromatic N) is 5. The fourth-order valence-corrected chi connectivity index (χ4v) is 5.20. The summed E-state index contributed by atoms with van der Waals surface area (Å²) in [4.78, 5) is 24.3. The second kappa shape index (κ2) is 12.0. The summed E-state index contributed by atoms with van der Waals surface area (Å²) in [6.45, 7) is 10.6. The lowest BCUT2D eigenvalue weighted by Crippen LogP contribution is -2.49. The molecule has 4 rings (SSSR count). The van der Waals surface area contributed by atoms with Gasteiger partial charge in [0.15, 0.2) is 0 Å². The summed E-state index contributed by atoms with van der Waals surface area (Å²) >= 11 is 1.42. The first-order valence-electron chi connectivity index (χ1n) is 12.4. The Balaban J connectivity index is 1.30. The maximum atomic E-state index is 13.0. The molecule has 0 unspecified atom stereocenters. The van der Waals surface area contributed by atoms with E-state index >= 15 is 0 Å². The Kier molecular flexibility index (Phi) is 8.58. The molecule has 7 nitrogen and oxygen atoms in total. The van der Waals surface area contributed by atoms with E-state index in [2.05, 4.69) is 46.2 Å². The number of carbonyl (C=O) groups is 1. The third kappa shape index (κ3) is 6.51. The maximum absolute atomic E-state index is 13.0. The lowest BCUT2D eigenvalue weighted by atomic mass is 10.1. The first-order chi connectivity index (χ1) is 17.0. The highest BCUT2D eigenvalue weighted by Gasteiger charge is 2.24. The van der Waals surface area contributed by atoms with Gasteiger partial charge in [-0.2, -0.15) is 4.37 Å². The van der Waals surface area contributed by atoms with Crippen LogP contribution in [0.1, 0.15) is 38.6 Å². The van der Waals surface area contributed by atoms with Crippen LogP contribution in [0.3, 0.4) is 0 Å². The molecule has 1 aliphatic heterocycles. The van der Waals surface area contributed by atoms with Crippen LogP contribution < -0.4 is 14.5 Å². The largest absolute Gasteiger partial charge is 0.492 e. The van der Waals surface area contributed by atoms with Gasteiger partial charge in [0.25, 0.3) is 0 Å². The molecule has 1 fully saturated rings. The molecular weight excluding hydrogens is 458 g/mol. The molecule has 2 heterocycles. The molecule has 35 heavy (non-hydrogen) atoms. The number of para-hydroxylation sites is 2. The van der Waals surface area contributed by atoms with E-state index < -0.39 is 0 Å². The van der Waals surface area contributed by atoms with Crippen LogP contribution in [0, 0.1) is 0 Å². The molecule has 1 amide bonds. The van der Waals surface area contributed by atoms with Crippen molar-refractivity contribution in [1.82, 2.24) is 14.3 Å². The van der Waals surface area contributed by atoms with Crippen molar-refractivity contribution in [2.24, 2.45) is 0 Å². The molecule has 0 N–H and O–H groups in total. The molecule has 0 radical (unpaired) electrons. The number of piperazine rings is 1. The van der Waals surface area contributed by atoms with Crippen LogP contribution in [0.2, 0.25) is 0 Å². The van der Waals surface area contributed by atoms with Crippen LogP contribution >= 0.6 is 11.5 Å². The zero-order valence-corrected chi connectivity index (χ0v) is 21.7. The summed E-state index contributed by atoms with van der Waals surface area (Å²) in [6.07, 6.45) is 1.19. The Morgan fingerprint density at radius 2 is 1.77 bits per heavy atom. The smallest absolute Gasteiger partial charge is 0.224 e. The van der Waals surface area contributed by atoms with Gasteiger partial charge in [0, 0.05) is 63.1 Å². The minimum atomic E-state index is 0.197. The average Bonchev–Trinajstić information content (AvgIpc) is 3.33. The van der Waals surface area contributed by atoms with Crippen LogP contribution in [0.25, 0.3) is 0 Å². The van der Waals surface area contributed by atoms with Gasteiger partial charge in [-0.15, -0.1) is 0 Å². The van der Waals surface area contributed by atoms with E-state index in [1.807, 2.05) is 48.2 Å². The topological polar surface area (TPSA) is 61.8 Å². The predicted octanol–water partition coefficient (Wildman–Crippen LogP) is 4.48. The number of hydrogen-bond donors (Lipinski definition) is 0. The molecule has 0 spiro atoms. The van der Waals surface area contributed by atoms with E-state index in [9.17, 15) is 4.79 Å². The SMILES string of the molecule is CCOc1ccccc1N1CCN(C(=O)CCN(c2nc(Cc3ccccc3)ns2)C(C)C)CC1. The van der Waals surface area contributed by atoms with Crippen LogP contribution in [-0.2, 0) is 11.2 Å². The molecule has 186 valence electrons. The molecule has 1 aliphatic rings. The summed E-state index contributed by atoms with van der Waals surface area (Å²) in [5.41, 5.74) is 2.31. The summed E-state index contributed by atoms with van der Waals surface area (Å²) in [6, 6.07) is 18.6. The van der Waals surface area contributed by atoms with E-state index in [1.54, 1.807) is 0 Å². The number of rotatable bonds is 10. The van der Waals surface area contributed by atoms with Crippen LogP contribution in [0.15, 0.2) is 54.6 Å². The van der Waals surface area contributed by atoms with E-state index in [4.69, 9.17) is 9.72 Å². The van der Waals surface area contributed by atoms with Crippen molar-refractivity contribution >= 4 is 28.3 Å². The van der Waals surface area contributed by atoms with Crippen molar-refractivity contribution in [3.63, 3.8) is 0 Å². The fourth-order valence-electron chi connectivity index (χ4n) is 4.35. The number of amides is 1. The number of anilines is 2. The Hall–Kier alpha value is -3.13. The van der Waals surface area contributed by atoms with E-state index in [-0.39, 0.29) is 11.9 Å². The van der Waals surface area contributed by atoms with E-state index in [1.165, 1.54) is 17.1 Å². The second-order valence-corrected chi connectivity index (χ2v) is 9.69. The van der Waals surface area contributed by atoms with Crippen LogP contribution in [0.4, 0.5) is 10.8 Å². The number of benzene rings is 2. The first-order valence-corrected chi connectivity index (χ1v) is 13.2. The molecule has 3 aromatic rings. The minimum Gasteiger partial charge on any atom is -0.492 e. The lowest BCUT2D eigenvalue weighted by molar-refractivity contribution is -0.131. The van der Waals surface area contributed by atoms with E-state index in [0.29, 0.717) is 19.6 Å². The number of carbonyl (C=O) groups excluding carboxylic acids is 1. The first kappa shape index (κ1) is 25.0. The van der Waals surface area contributed by atoms with Crippen LogP contribution in [-0.4, -0.2) is 65.5 Å². The fraction of sp³-hybridized carbons (Fsp3) is 0.444. The van der Waals surface area contributed by atoms with Gasteiger partial charge in [-0.1, -0.05) is 42.5 Å². The molecule has 1 saturated heterocycles. The van der Waals surface area contributed by atoms with Gasteiger partial charge in [-0.3, -0.25) is 4.79 Å². The number of ether oxygens (including phenoxy) is 1. The van der Waals surface area contributed by atoms with Crippen LogP contribution in [0.5, 0.6) is 5.75 Å². The van der Waals surface area contributed by atoms with Crippen molar-refractivity contribution < 1.29 is 9.53 Å². The van der Waals surface area contributed by atoms with Crippen molar-refractivity contribution in [1.29, 1.82) is 0 Å². The van der Waals surface area contributed by atoms with Gasteiger partial charge in [0.1, 0.15) is 11.6 Å². The molecule has 0 saturated carbocycles. The Morgan fingerprint density at radius 1 is 1.06 bits per heavy atom. The van der Waals surface area contributed by atoms with Crippen molar-refractivity contribution in [2.45, 2.75) is 39.7 Å². The Bertz CT molecular complexity index is 1080. The Morgan fingerprint density at radius 3 is 2.49 bits per heavy atom. The highest BCUT2D eigenvalue weighted by Crippen LogP contribution is 2.29. The van der Waals surface area contributed by atoms with Crippen molar-refractivity contribution in [3.05, 3.63) is 66.0 Å². The van der Waals surface area contributed by atoms with Gasteiger partial charge >= 0.3 is 0 Å². The highest BCUT2D eigenvalue weighted by molar-refractivity contribution is 7.09. The van der Waals surface area contributed by atoms with Gasteiger partial charge in [0.2, 0.25) is 11.0 Å². The highest BCUT2D eigenvalue weighted by atomic mass is 32.1. The van der Waals surface area contributed by atoms with Crippen molar-refractivity contribution in [3.8, 4) is 5.75 Å². The maximum Gasteiger partial charge on any atom is 0.224 e. The van der Waals surface area contributed by atoms with Gasteiger partial charge in [-0.25, -0.2) is 4.98 Å². The van der Waals surface area contributed by atoms with E-state index in [0.717, 1.165) is 55.0 Å². The minimum absolute atomic E-state index is 0.197.